The zero-order chi connectivity index (χ0) is 23.5. The number of aryl methyl sites for hydroxylation is 1. The summed E-state index contributed by atoms with van der Waals surface area (Å²) in [6.45, 7) is 5.05. The highest BCUT2D eigenvalue weighted by molar-refractivity contribution is 7.89. The number of benzene rings is 3. The van der Waals surface area contributed by atoms with Crippen molar-refractivity contribution in [3.63, 3.8) is 0 Å². The average Bonchev–Trinajstić information content (AvgIpc) is 2.74. The molecule has 0 spiro atoms. The van der Waals surface area contributed by atoms with Crippen LogP contribution in [-0.4, -0.2) is 22.2 Å². The van der Waals surface area contributed by atoms with E-state index in [1.54, 1.807) is 73.7 Å². The van der Waals surface area contributed by atoms with Crippen LogP contribution in [0.4, 0.5) is 0 Å². The van der Waals surface area contributed by atoms with E-state index in [1.165, 1.54) is 13.8 Å². The van der Waals surface area contributed by atoms with Crippen molar-refractivity contribution in [2.24, 2.45) is 0 Å². The summed E-state index contributed by atoms with van der Waals surface area (Å²) in [5, 5.41) is 0.827. The lowest BCUT2D eigenvalue weighted by atomic mass is 10.1. The van der Waals surface area contributed by atoms with Crippen molar-refractivity contribution in [1.29, 1.82) is 0 Å². The van der Waals surface area contributed by atoms with Gasteiger partial charge in [0.15, 0.2) is 0 Å². The number of nitrogens with one attached hydrogen (secondary N) is 1. The zero-order valence-corrected chi connectivity index (χ0v) is 20.7. The Labute approximate surface area is 194 Å². The van der Waals surface area contributed by atoms with Gasteiger partial charge in [-0.3, -0.25) is 4.57 Å². The smallest absolute Gasteiger partial charge is 0.277 e. The molecule has 3 rings (SSSR count). The number of ether oxygens (including phenoxy) is 1. The van der Waals surface area contributed by atoms with Gasteiger partial charge in [0.25, 0.3) is 7.37 Å². The van der Waals surface area contributed by atoms with Gasteiger partial charge >= 0.3 is 0 Å². The molecule has 0 bridgehead atoms. The Balaban J connectivity index is 1.94. The maximum Gasteiger partial charge on any atom is 0.277 e. The number of halogens is 1. The Morgan fingerprint density at radius 2 is 1.66 bits per heavy atom. The Morgan fingerprint density at radius 1 is 1.00 bits per heavy atom. The number of hydrogen-bond acceptors (Lipinski definition) is 5. The van der Waals surface area contributed by atoms with Crippen LogP contribution in [0.1, 0.15) is 24.1 Å². The van der Waals surface area contributed by atoms with E-state index in [-0.39, 0.29) is 10.6 Å². The van der Waals surface area contributed by atoms with Crippen LogP contribution in [0.25, 0.3) is 0 Å². The monoisotopic (exact) mass is 493 g/mol. The van der Waals surface area contributed by atoms with Gasteiger partial charge in [-0.2, -0.15) is 0 Å². The Kier molecular flexibility index (Phi) is 7.36. The normalized spacial score (nSPS) is 14.4. The molecule has 6 nitrogen and oxygen atoms in total. The van der Waals surface area contributed by atoms with Crippen LogP contribution in [0.2, 0.25) is 5.02 Å². The molecule has 2 atom stereocenters. The SMILES string of the molecule is COc1ccccc1P(C)(=O)Oc1ccc(Cl)cc1[C@H](C)NS(=O)(=O)c1ccc(C)cc1. The summed E-state index contributed by atoms with van der Waals surface area (Å²) in [4.78, 5) is 0.148. The first kappa shape index (κ1) is 24.3. The predicted molar refractivity (Wildman–Crippen MR) is 128 cm³/mol. The van der Waals surface area contributed by atoms with E-state index in [9.17, 15) is 13.0 Å². The first-order chi connectivity index (χ1) is 15.0. The molecule has 3 aromatic carbocycles. The lowest BCUT2D eigenvalue weighted by Crippen LogP contribution is -2.27. The van der Waals surface area contributed by atoms with Crippen LogP contribution in [0.15, 0.2) is 71.6 Å². The fourth-order valence-electron chi connectivity index (χ4n) is 3.22. The summed E-state index contributed by atoms with van der Waals surface area (Å²) in [6, 6.07) is 17.5. The molecule has 0 saturated carbocycles. The Bertz CT molecular complexity index is 1260. The molecule has 0 fully saturated rings. The number of rotatable bonds is 8. The van der Waals surface area contributed by atoms with Crippen molar-refractivity contribution in [1.82, 2.24) is 4.72 Å². The number of hydrogen-bond donors (Lipinski definition) is 1. The third-order valence-electron chi connectivity index (χ3n) is 4.90. The summed E-state index contributed by atoms with van der Waals surface area (Å²) >= 11 is 6.18. The second-order valence-electron chi connectivity index (χ2n) is 7.45. The molecular weight excluding hydrogens is 469 g/mol. The molecule has 1 unspecified atom stereocenters. The molecule has 0 aliphatic carbocycles. The average molecular weight is 494 g/mol. The summed E-state index contributed by atoms with van der Waals surface area (Å²) in [5.74, 6) is 0.715. The highest BCUT2D eigenvalue weighted by Crippen LogP contribution is 2.46. The van der Waals surface area contributed by atoms with Gasteiger partial charge in [0, 0.05) is 23.3 Å². The molecule has 3 aromatic rings. The Hall–Kier alpha value is -2.31. The summed E-state index contributed by atoms with van der Waals surface area (Å²) in [5.41, 5.74) is 1.42. The van der Waals surface area contributed by atoms with Crippen LogP contribution < -0.4 is 19.3 Å². The predicted octanol–water partition coefficient (Wildman–Crippen LogP) is 5.31. The minimum absolute atomic E-state index is 0.148. The third kappa shape index (κ3) is 5.54. The van der Waals surface area contributed by atoms with E-state index in [4.69, 9.17) is 20.9 Å². The van der Waals surface area contributed by atoms with Gasteiger partial charge in [-0.25, -0.2) is 13.1 Å². The van der Waals surface area contributed by atoms with Crippen molar-refractivity contribution in [2.45, 2.75) is 24.8 Å². The maximum atomic E-state index is 13.5. The van der Waals surface area contributed by atoms with E-state index in [2.05, 4.69) is 4.72 Å². The highest BCUT2D eigenvalue weighted by atomic mass is 35.5. The van der Waals surface area contributed by atoms with E-state index >= 15 is 0 Å². The third-order valence-corrected chi connectivity index (χ3v) is 8.48. The van der Waals surface area contributed by atoms with Gasteiger partial charge in [0.1, 0.15) is 11.5 Å². The molecule has 0 aromatic heterocycles. The van der Waals surface area contributed by atoms with Crippen molar-refractivity contribution in [2.75, 3.05) is 13.8 Å². The molecule has 32 heavy (non-hydrogen) atoms. The van der Waals surface area contributed by atoms with Gasteiger partial charge in [-0.1, -0.05) is 41.4 Å². The highest BCUT2D eigenvalue weighted by Gasteiger charge is 2.28. The lowest BCUT2D eigenvalue weighted by Gasteiger charge is -2.22. The lowest BCUT2D eigenvalue weighted by molar-refractivity contribution is 0.416. The van der Waals surface area contributed by atoms with E-state index < -0.39 is 23.4 Å². The number of para-hydroxylation sites is 1. The standard InChI is InChI=1S/C23H25ClNO5PS/c1-16-9-12-19(13-10-16)32(27,28)25-17(2)20-15-18(24)11-14-21(20)30-31(4,26)23-8-6-5-7-22(23)29-3/h5-15,17,25H,1-4H3/t17-,31?/m0/s1. The first-order valence-electron chi connectivity index (χ1n) is 9.82. The fourth-order valence-corrected chi connectivity index (χ4v) is 6.19. The number of sulfonamides is 1. The largest absolute Gasteiger partial charge is 0.496 e. The molecule has 0 aliphatic heterocycles. The topological polar surface area (TPSA) is 81.7 Å². The summed E-state index contributed by atoms with van der Waals surface area (Å²) < 4.78 is 53.1. The van der Waals surface area contributed by atoms with E-state index in [0.29, 0.717) is 21.6 Å². The molecule has 170 valence electrons. The van der Waals surface area contributed by atoms with Crippen LogP contribution in [0.3, 0.4) is 0 Å². The second-order valence-corrected chi connectivity index (χ2v) is 12.0. The molecular formula is C23H25ClNO5PS. The molecule has 0 amide bonds. The molecule has 0 aliphatic rings. The van der Waals surface area contributed by atoms with Crippen LogP contribution in [0, 0.1) is 6.92 Å². The van der Waals surface area contributed by atoms with Gasteiger partial charge in [0.05, 0.1) is 17.3 Å². The Morgan fingerprint density at radius 3 is 2.31 bits per heavy atom. The van der Waals surface area contributed by atoms with Gasteiger partial charge in [-0.05, 0) is 56.3 Å². The summed E-state index contributed by atoms with van der Waals surface area (Å²) in [6.07, 6.45) is 0. The fraction of sp³-hybridized carbons (Fsp3) is 0.217. The van der Waals surface area contributed by atoms with Crippen molar-refractivity contribution < 1.29 is 22.2 Å². The quantitative estimate of drug-likeness (QED) is 0.430. The molecule has 0 saturated heterocycles. The number of methoxy groups -OCH3 is 1. The summed E-state index contributed by atoms with van der Waals surface area (Å²) in [7, 11) is -5.67. The molecule has 1 N–H and O–H groups in total. The van der Waals surface area contributed by atoms with Gasteiger partial charge in [0.2, 0.25) is 10.0 Å². The minimum Gasteiger partial charge on any atom is -0.496 e. The van der Waals surface area contributed by atoms with Crippen molar-refractivity contribution in [3.05, 3.63) is 82.9 Å². The molecule has 0 radical (unpaired) electrons. The van der Waals surface area contributed by atoms with Crippen molar-refractivity contribution >= 4 is 34.3 Å². The van der Waals surface area contributed by atoms with Gasteiger partial charge < -0.3 is 9.26 Å². The van der Waals surface area contributed by atoms with Crippen LogP contribution >= 0.6 is 19.0 Å². The first-order valence-corrected chi connectivity index (χ1v) is 13.8. The second kappa shape index (κ2) is 9.67. The van der Waals surface area contributed by atoms with Crippen LogP contribution in [-0.2, 0) is 14.6 Å². The molecule has 9 heteroatoms. The zero-order valence-electron chi connectivity index (χ0n) is 18.2. The van der Waals surface area contributed by atoms with Crippen LogP contribution in [0.5, 0.6) is 11.5 Å². The molecule has 0 heterocycles. The minimum atomic E-state index is -3.80. The van der Waals surface area contributed by atoms with E-state index in [1.807, 2.05) is 6.92 Å². The van der Waals surface area contributed by atoms with Gasteiger partial charge in [-0.15, -0.1) is 0 Å². The maximum absolute atomic E-state index is 13.5. The van der Waals surface area contributed by atoms with Crippen molar-refractivity contribution in [3.8, 4) is 11.5 Å². The van der Waals surface area contributed by atoms with E-state index in [0.717, 1.165) is 5.56 Å².